The van der Waals surface area contributed by atoms with Crippen molar-refractivity contribution < 1.29 is 23.9 Å². The Morgan fingerprint density at radius 3 is 2.55 bits per heavy atom. The fourth-order valence-electron chi connectivity index (χ4n) is 5.51. The van der Waals surface area contributed by atoms with Crippen LogP contribution in [0.25, 0.3) is 0 Å². The minimum absolute atomic E-state index is 0.00991. The summed E-state index contributed by atoms with van der Waals surface area (Å²) in [7, 11) is 3.21. The molecule has 3 fully saturated rings. The Bertz CT molecular complexity index is 850. The molecule has 4 rings (SSSR count). The van der Waals surface area contributed by atoms with Crippen LogP contribution in [0.2, 0.25) is 0 Å². The van der Waals surface area contributed by atoms with Gasteiger partial charge in [0.2, 0.25) is 17.7 Å². The first-order chi connectivity index (χ1) is 15.0. The number of piperidine rings is 1. The van der Waals surface area contributed by atoms with Gasteiger partial charge in [-0.1, -0.05) is 31.0 Å². The van der Waals surface area contributed by atoms with Gasteiger partial charge in [-0.05, 0) is 31.7 Å². The van der Waals surface area contributed by atoms with Crippen LogP contribution in [-0.2, 0) is 24.5 Å². The molecule has 31 heavy (non-hydrogen) atoms. The standard InChI is InChI=1S/C24H32N2O5/c1-30-18-10-7-13-25(16-18)21(27)14-24(19-11-5-6-12-20(19)31-2)15-22(28)26(23(24)29)17-8-3-4-9-17/h5-6,11-12,17-18H,3-4,7-10,13-16H2,1-2H3/t18-,24+/m0/s1. The molecule has 2 aliphatic heterocycles. The van der Waals surface area contributed by atoms with Crippen LogP contribution in [0.15, 0.2) is 24.3 Å². The summed E-state index contributed by atoms with van der Waals surface area (Å²) in [5.41, 5.74) is -0.589. The highest BCUT2D eigenvalue weighted by molar-refractivity contribution is 6.11. The number of para-hydroxylation sites is 1. The van der Waals surface area contributed by atoms with Crippen LogP contribution in [0.5, 0.6) is 5.75 Å². The van der Waals surface area contributed by atoms with Gasteiger partial charge in [-0.3, -0.25) is 19.3 Å². The number of hydrogen-bond donors (Lipinski definition) is 0. The summed E-state index contributed by atoms with van der Waals surface area (Å²) in [6.07, 6.45) is 5.51. The first-order valence-electron chi connectivity index (χ1n) is 11.3. The average molecular weight is 429 g/mol. The zero-order valence-electron chi connectivity index (χ0n) is 18.5. The molecule has 1 aromatic carbocycles. The molecule has 7 nitrogen and oxygen atoms in total. The summed E-state index contributed by atoms with van der Waals surface area (Å²) in [6.45, 7) is 1.17. The van der Waals surface area contributed by atoms with Crippen LogP contribution < -0.4 is 4.74 Å². The van der Waals surface area contributed by atoms with Gasteiger partial charge in [-0.25, -0.2) is 0 Å². The quantitative estimate of drug-likeness (QED) is 0.651. The molecule has 0 bridgehead atoms. The Hall–Kier alpha value is -2.41. The van der Waals surface area contributed by atoms with Gasteiger partial charge in [0.05, 0.1) is 18.6 Å². The molecular formula is C24H32N2O5. The van der Waals surface area contributed by atoms with Gasteiger partial charge in [-0.15, -0.1) is 0 Å². The largest absolute Gasteiger partial charge is 0.496 e. The third-order valence-corrected chi connectivity index (χ3v) is 7.18. The van der Waals surface area contributed by atoms with E-state index in [1.807, 2.05) is 18.2 Å². The Labute approximate surface area is 183 Å². The van der Waals surface area contributed by atoms with Crippen LogP contribution in [-0.4, -0.2) is 67.0 Å². The highest BCUT2D eigenvalue weighted by atomic mass is 16.5. The zero-order valence-corrected chi connectivity index (χ0v) is 18.5. The SMILES string of the molecule is COc1ccccc1[C@@]1(CC(=O)N2CCC[C@H](OC)C2)CC(=O)N(C2CCCC2)C1=O. The predicted octanol–water partition coefficient (Wildman–Crippen LogP) is 2.66. The third kappa shape index (κ3) is 3.95. The molecule has 0 unspecified atom stereocenters. The molecule has 3 amide bonds. The molecule has 2 saturated heterocycles. The molecule has 3 aliphatic rings. The maximum absolute atomic E-state index is 13.9. The van der Waals surface area contributed by atoms with Crippen molar-refractivity contribution in [1.29, 1.82) is 0 Å². The molecule has 1 saturated carbocycles. The molecule has 0 radical (unpaired) electrons. The van der Waals surface area contributed by atoms with Gasteiger partial charge in [-0.2, -0.15) is 0 Å². The van der Waals surface area contributed by atoms with E-state index in [9.17, 15) is 14.4 Å². The van der Waals surface area contributed by atoms with Crippen LogP contribution in [0.1, 0.15) is 56.9 Å². The summed E-state index contributed by atoms with van der Waals surface area (Å²) in [5, 5.41) is 0. The molecule has 0 N–H and O–H groups in total. The monoisotopic (exact) mass is 428 g/mol. The second kappa shape index (κ2) is 8.99. The first-order valence-corrected chi connectivity index (χ1v) is 11.3. The normalized spacial score (nSPS) is 27.2. The first kappa shape index (κ1) is 21.8. The van der Waals surface area contributed by atoms with Gasteiger partial charge in [0.1, 0.15) is 5.75 Å². The Morgan fingerprint density at radius 1 is 1.10 bits per heavy atom. The Kier molecular flexibility index (Phi) is 6.32. The lowest BCUT2D eigenvalue weighted by molar-refractivity contribution is -0.145. The lowest BCUT2D eigenvalue weighted by Gasteiger charge is -2.35. The lowest BCUT2D eigenvalue weighted by Crippen LogP contribution is -2.48. The van der Waals surface area contributed by atoms with Crippen molar-refractivity contribution in [2.24, 2.45) is 0 Å². The van der Waals surface area contributed by atoms with Crippen molar-refractivity contribution in [3.63, 3.8) is 0 Å². The summed E-state index contributed by atoms with van der Waals surface area (Å²) in [5.74, 6) is 0.00628. The number of nitrogens with zero attached hydrogens (tertiary/aromatic N) is 2. The molecule has 168 valence electrons. The van der Waals surface area contributed by atoms with E-state index in [2.05, 4.69) is 0 Å². The molecule has 7 heteroatoms. The van der Waals surface area contributed by atoms with Gasteiger partial charge in [0.25, 0.3) is 0 Å². The number of carbonyl (C=O) groups excluding carboxylic acids is 3. The lowest BCUT2D eigenvalue weighted by atomic mass is 9.75. The number of benzene rings is 1. The summed E-state index contributed by atoms with van der Waals surface area (Å²) in [6, 6.07) is 7.23. The number of carbonyl (C=O) groups is 3. The molecule has 2 heterocycles. The highest BCUT2D eigenvalue weighted by Gasteiger charge is 2.57. The van der Waals surface area contributed by atoms with Gasteiger partial charge in [0.15, 0.2) is 0 Å². The van der Waals surface area contributed by atoms with E-state index in [1.165, 1.54) is 4.90 Å². The van der Waals surface area contributed by atoms with E-state index in [4.69, 9.17) is 9.47 Å². The maximum atomic E-state index is 13.9. The number of methoxy groups -OCH3 is 2. The summed E-state index contributed by atoms with van der Waals surface area (Å²) in [4.78, 5) is 43.7. The van der Waals surface area contributed by atoms with Gasteiger partial charge < -0.3 is 14.4 Å². The van der Waals surface area contributed by atoms with Crippen molar-refractivity contribution in [2.45, 2.75) is 68.9 Å². The van der Waals surface area contributed by atoms with Crippen LogP contribution in [0, 0.1) is 0 Å². The summed E-state index contributed by atoms with van der Waals surface area (Å²) >= 11 is 0. The number of imide groups is 1. The highest BCUT2D eigenvalue weighted by Crippen LogP contribution is 2.46. The topological polar surface area (TPSA) is 76.2 Å². The average Bonchev–Trinajstić information content (AvgIpc) is 3.40. The second-order valence-corrected chi connectivity index (χ2v) is 8.98. The minimum Gasteiger partial charge on any atom is -0.496 e. The minimum atomic E-state index is -1.22. The van der Waals surface area contributed by atoms with Crippen molar-refractivity contribution in [1.82, 2.24) is 9.80 Å². The smallest absolute Gasteiger partial charge is 0.241 e. The fraction of sp³-hybridized carbons (Fsp3) is 0.625. The van der Waals surface area contributed by atoms with Crippen molar-refractivity contribution in [3.8, 4) is 5.75 Å². The Morgan fingerprint density at radius 2 is 1.84 bits per heavy atom. The second-order valence-electron chi connectivity index (χ2n) is 8.98. The predicted molar refractivity (Wildman–Crippen MR) is 115 cm³/mol. The maximum Gasteiger partial charge on any atom is 0.241 e. The van der Waals surface area contributed by atoms with Crippen LogP contribution in [0.4, 0.5) is 0 Å². The van der Waals surface area contributed by atoms with Gasteiger partial charge >= 0.3 is 0 Å². The van der Waals surface area contributed by atoms with Crippen molar-refractivity contribution in [2.75, 3.05) is 27.3 Å². The number of rotatable bonds is 6. The third-order valence-electron chi connectivity index (χ3n) is 7.18. The van der Waals surface area contributed by atoms with Crippen LogP contribution in [0.3, 0.4) is 0 Å². The Balaban J connectivity index is 1.69. The van der Waals surface area contributed by atoms with Crippen molar-refractivity contribution >= 4 is 17.7 Å². The molecule has 1 aliphatic carbocycles. The number of hydrogen-bond acceptors (Lipinski definition) is 5. The van der Waals surface area contributed by atoms with Gasteiger partial charge in [0, 0.05) is 44.6 Å². The summed E-state index contributed by atoms with van der Waals surface area (Å²) < 4.78 is 11.0. The van der Waals surface area contributed by atoms with E-state index in [0.717, 1.165) is 38.5 Å². The molecule has 0 aromatic heterocycles. The van der Waals surface area contributed by atoms with E-state index >= 15 is 0 Å². The van der Waals surface area contributed by atoms with Crippen LogP contribution >= 0.6 is 0 Å². The molecule has 0 spiro atoms. The van der Waals surface area contributed by atoms with E-state index < -0.39 is 5.41 Å². The number of ether oxygens (including phenoxy) is 2. The fourth-order valence-corrected chi connectivity index (χ4v) is 5.51. The van der Waals surface area contributed by atoms with E-state index in [1.54, 1.807) is 25.2 Å². The number of likely N-dealkylation sites (tertiary alicyclic amines) is 2. The number of amides is 3. The van der Waals surface area contributed by atoms with Crippen molar-refractivity contribution in [3.05, 3.63) is 29.8 Å². The molecule has 1 aromatic rings. The molecule has 2 atom stereocenters. The van der Waals surface area contributed by atoms with E-state index in [-0.39, 0.29) is 42.7 Å². The molecular weight excluding hydrogens is 396 g/mol. The van der Waals surface area contributed by atoms with E-state index in [0.29, 0.717) is 24.4 Å². The zero-order chi connectivity index (χ0) is 22.0.